The zero-order valence-electron chi connectivity index (χ0n) is 30.4. The molecule has 13 heteroatoms. The van der Waals surface area contributed by atoms with Gasteiger partial charge >= 0.3 is 12.1 Å². The number of anilines is 1. The average Bonchev–Trinajstić information content (AvgIpc) is 3.38. The van der Waals surface area contributed by atoms with Gasteiger partial charge in [-0.3, -0.25) is 14.8 Å². The van der Waals surface area contributed by atoms with E-state index in [-0.39, 0.29) is 48.2 Å². The predicted octanol–water partition coefficient (Wildman–Crippen LogP) is 5.40. The maximum atomic E-state index is 17.2. The van der Waals surface area contributed by atoms with Crippen molar-refractivity contribution in [2.24, 2.45) is 0 Å². The molecule has 12 nitrogen and oxygen atoms in total. The molecule has 2 aromatic heterocycles. The highest BCUT2D eigenvalue weighted by Gasteiger charge is 2.45. The van der Waals surface area contributed by atoms with E-state index in [0.717, 1.165) is 55.2 Å². The van der Waals surface area contributed by atoms with E-state index < -0.39 is 11.4 Å². The number of benzene rings is 2. The van der Waals surface area contributed by atoms with E-state index >= 15 is 4.39 Å². The van der Waals surface area contributed by atoms with E-state index in [1.165, 1.54) is 0 Å². The van der Waals surface area contributed by atoms with Crippen LogP contribution >= 0.6 is 0 Å². The first-order valence-electron chi connectivity index (χ1n) is 17.9. The number of pyridine rings is 1. The van der Waals surface area contributed by atoms with Gasteiger partial charge in [0.2, 0.25) is 0 Å². The molecule has 3 aliphatic heterocycles. The molecule has 7 rings (SSSR count). The Balaban J connectivity index is 1.32. The third kappa shape index (κ3) is 7.11. The third-order valence-corrected chi connectivity index (χ3v) is 10.1. The first-order valence-corrected chi connectivity index (χ1v) is 17.9. The lowest BCUT2D eigenvalue weighted by Crippen LogP contribution is -2.57. The van der Waals surface area contributed by atoms with Crippen LogP contribution in [0.4, 0.5) is 15.0 Å². The summed E-state index contributed by atoms with van der Waals surface area (Å²) in [6.07, 6.45) is 3.81. The molecule has 1 amide bonds. The van der Waals surface area contributed by atoms with Gasteiger partial charge in [0.25, 0.3) is 0 Å². The molecule has 0 saturated carbocycles. The van der Waals surface area contributed by atoms with Crippen molar-refractivity contribution in [3.8, 4) is 23.0 Å². The number of ether oxygens (including phenoxy) is 4. The van der Waals surface area contributed by atoms with Gasteiger partial charge < -0.3 is 29.2 Å². The van der Waals surface area contributed by atoms with Gasteiger partial charge in [-0.1, -0.05) is 25.1 Å². The molecular formula is C38H48FN7O5. The summed E-state index contributed by atoms with van der Waals surface area (Å²) in [6, 6.07) is 9.86. The lowest BCUT2D eigenvalue weighted by atomic mass is 9.95. The van der Waals surface area contributed by atoms with Gasteiger partial charge in [-0.2, -0.15) is 9.97 Å². The van der Waals surface area contributed by atoms with Crippen molar-refractivity contribution in [1.29, 1.82) is 0 Å². The summed E-state index contributed by atoms with van der Waals surface area (Å²) < 4.78 is 40.3. The number of rotatable bonds is 9. The number of hydrogen-bond donors (Lipinski definition) is 1. The fourth-order valence-electron chi connectivity index (χ4n) is 7.59. The molecule has 0 spiro atoms. The van der Waals surface area contributed by atoms with Crippen molar-refractivity contribution < 1.29 is 28.1 Å². The molecule has 2 aromatic carbocycles. The van der Waals surface area contributed by atoms with Crippen LogP contribution in [0.1, 0.15) is 46.1 Å². The minimum absolute atomic E-state index is 0.0538. The van der Waals surface area contributed by atoms with E-state index in [0.29, 0.717) is 42.2 Å². The number of nitrogens with one attached hydrogen (secondary N) is 1. The average molecular weight is 702 g/mol. The van der Waals surface area contributed by atoms with E-state index in [1.54, 1.807) is 13.3 Å². The van der Waals surface area contributed by atoms with E-state index in [2.05, 4.69) is 35.2 Å². The molecule has 51 heavy (non-hydrogen) atoms. The van der Waals surface area contributed by atoms with Crippen LogP contribution in [-0.4, -0.2) is 115 Å². The van der Waals surface area contributed by atoms with Crippen LogP contribution in [0.2, 0.25) is 0 Å². The molecule has 3 fully saturated rings. The molecule has 3 atom stereocenters. The van der Waals surface area contributed by atoms with Gasteiger partial charge in [0, 0.05) is 51.6 Å². The third-order valence-electron chi connectivity index (χ3n) is 10.1. The van der Waals surface area contributed by atoms with Crippen LogP contribution in [0, 0.1) is 5.82 Å². The molecule has 272 valence electrons. The van der Waals surface area contributed by atoms with Gasteiger partial charge in [0.1, 0.15) is 35.0 Å². The van der Waals surface area contributed by atoms with Gasteiger partial charge in [0.15, 0.2) is 12.6 Å². The molecule has 0 aliphatic carbocycles. The van der Waals surface area contributed by atoms with Crippen molar-refractivity contribution in [2.45, 2.75) is 70.7 Å². The molecular weight excluding hydrogens is 653 g/mol. The number of carbonyl (C=O) groups excluding carboxylic acids is 1. The quantitative estimate of drug-likeness (QED) is 0.226. The highest BCUT2D eigenvalue weighted by atomic mass is 19.1. The number of amides is 1. The Morgan fingerprint density at radius 2 is 1.88 bits per heavy atom. The van der Waals surface area contributed by atoms with Crippen molar-refractivity contribution in [1.82, 2.24) is 30.1 Å². The number of aryl methyl sites for hydroxylation is 1. The lowest BCUT2D eigenvalue weighted by Gasteiger charge is -2.42. The van der Waals surface area contributed by atoms with Crippen LogP contribution in [-0.2, 0) is 15.9 Å². The first kappa shape index (κ1) is 35.1. The number of likely N-dealkylation sites (N-methyl/N-ethyl adjacent to an activating group) is 1. The zero-order chi connectivity index (χ0) is 35.9. The summed E-state index contributed by atoms with van der Waals surface area (Å²) in [6.45, 7) is 11.7. The molecule has 3 saturated heterocycles. The summed E-state index contributed by atoms with van der Waals surface area (Å²) >= 11 is 0. The Morgan fingerprint density at radius 3 is 2.59 bits per heavy atom. The lowest BCUT2D eigenvalue weighted by molar-refractivity contribution is 0.0122. The number of aromatic nitrogens is 3. The Morgan fingerprint density at radius 1 is 1.10 bits per heavy atom. The van der Waals surface area contributed by atoms with E-state index in [4.69, 9.17) is 33.9 Å². The Bertz CT molecular complexity index is 1910. The summed E-state index contributed by atoms with van der Waals surface area (Å²) in [5.41, 5.74) is 1.37. The highest BCUT2D eigenvalue weighted by Crippen LogP contribution is 2.40. The Kier molecular flexibility index (Phi) is 9.88. The second-order valence-corrected chi connectivity index (χ2v) is 14.7. The van der Waals surface area contributed by atoms with Gasteiger partial charge in [-0.25, -0.2) is 9.18 Å². The minimum atomic E-state index is -0.593. The molecule has 1 N–H and O–H groups in total. The van der Waals surface area contributed by atoms with Crippen LogP contribution < -0.4 is 19.7 Å². The monoisotopic (exact) mass is 701 g/mol. The SMILES string of the molecule is CCc1cccc2cc(OCOC)cc(-c3ncc4c(N5CC6CCC(C5)N6C(=O)OC(C)(C)C)nc(OC[C@@H]5CNCCN5C)nc4c3F)c12. The van der Waals surface area contributed by atoms with Crippen molar-refractivity contribution in [2.75, 3.05) is 65.2 Å². The van der Waals surface area contributed by atoms with Crippen molar-refractivity contribution in [3.05, 3.63) is 47.9 Å². The van der Waals surface area contributed by atoms with Crippen LogP contribution in [0.15, 0.2) is 36.5 Å². The summed E-state index contributed by atoms with van der Waals surface area (Å²) in [7, 11) is 3.63. The molecule has 4 aromatic rings. The van der Waals surface area contributed by atoms with Gasteiger partial charge in [0.05, 0.1) is 23.5 Å². The summed E-state index contributed by atoms with van der Waals surface area (Å²) in [4.78, 5) is 33.9. The summed E-state index contributed by atoms with van der Waals surface area (Å²) in [5.74, 6) is 0.522. The number of halogens is 1. The second-order valence-electron chi connectivity index (χ2n) is 14.7. The largest absolute Gasteiger partial charge is 0.468 e. The van der Waals surface area contributed by atoms with Crippen LogP contribution in [0.3, 0.4) is 0 Å². The fraction of sp³-hybridized carbons (Fsp3) is 0.526. The van der Waals surface area contributed by atoms with Crippen LogP contribution in [0.5, 0.6) is 11.8 Å². The number of piperazine rings is 2. The van der Waals surface area contributed by atoms with Gasteiger partial charge in [-0.05, 0) is 75.5 Å². The predicted molar refractivity (Wildman–Crippen MR) is 194 cm³/mol. The van der Waals surface area contributed by atoms with Crippen LogP contribution in [0.25, 0.3) is 32.9 Å². The Hall–Kier alpha value is -4.33. The second kappa shape index (κ2) is 14.4. The zero-order valence-corrected chi connectivity index (χ0v) is 30.4. The van der Waals surface area contributed by atoms with Crippen molar-refractivity contribution in [3.63, 3.8) is 0 Å². The topological polar surface area (TPSA) is 114 Å². The molecule has 2 unspecified atom stereocenters. The minimum Gasteiger partial charge on any atom is -0.468 e. The standard InChI is InChI=1S/C38H48FN7O5/c1-7-23-9-8-10-24-15-28(50-22-48-6)16-29(31(23)24)33-32(39)34-30(18-41-33)35(43-36(42-34)49-21-27-17-40-13-14-44(27)5)45-19-25-11-12-26(20-45)46(25)37(47)51-38(2,3)4/h8-10,15-16,18,25-27,40H,7,11-14,17,19-22H2,1-6H3/t25?,26?,27-/m0/s1. The van der Waals surface area contributed by atoms with E-state index in [1.807, 2.05) is 49.9 Å². The van der Waals surface area contributed by atoms with Crippen molar-refractivity contribution >= 4 is 33.6 Å². The number of carbonyl (C=O) groups is 1. The summed E-state index contributed by atoms with van der Waals surface area (Å²) in [5, 5.41) is 5.72. The number of hydrogen-bond acceptors (Lipinski definition) is 11. The molecule has 2 bridgehead atoms. The smallest absolute Gasteiger partial charge is 0.410 e. The molecule has 3 aliphatic rings. The highest BCUT2D eigenvalue weighted by molar-refractivity contribution is 6.01. The number of fused-ring (bicyclic) bond motifs is 4. The number of nitrogens with zero attached hydrogens (tertiary/aromatic N) is 6. The van der Waals surface area contributed by atoms with E-state index in [9.17, 15) is 4.79 Å². The number of methoxy groups -OCH3 is 1. The maximum Gasteiger partial charge on any atom is 0.410 e. The maximum absolute atomic E-state index is 17.2. The normalized spacial score (nSPS) is 21.0. The molecule has 5 heterocycles. The molecule has 0 radical (unpaired) electrons. The Labute approximate surface area is 298 Å². The fourth-order valence-corrected chi connectivity index (χ4v) is 7.59. The van der Waals surface area contributed by atoms with Gasteiger partial charge in [-0.15, -0.1) is 0 Å². The first-order chi connectivity index (χ1) is 24.5.